The van der Waals surface area contributed by atoms with Crippen molar-refractivity contribution in [2.75, 3.05) is 0 Å². The third kappa shape index (κ3) is 4.86. The Morgan fingerprint density at radius 2 is 1.26 bits per heavy atom. The molecule has 0 fully saturated rings. The van der Waals surface area contributed by atoms with Crippen LogP contribution in [0.4, 0.5) is 0 Å². The lowest BCUT2D eigenvalue weighted by atomic mass is 9.91. The SMILES string of the molecule is C.C/C=C\C=C/c1ccc2ccccc2c1-c1ccc(-c2ccc(C(C)C)cc2)cc1. The maximum Gasteiger partial charge on any atom is -0.00328 e. The predicted octanol–water partition coefficient (Wildman–Crippen LogP) is 9.52. The van der Waals surface area contributed by atoms with Crippen molar-refractivity contribution in [3.8, 4) is 22.3 Å². The Labute approximate surface area is 187 Å². The van der Waals surface area contributed by atoms with Crippen LogP contribution >= 0.6 is 0 Å². The molecule has 0 aliphatic heterocycles. The zero-order chi connectivity index (χ0) is 20.9. The summed E-state index contributed by atoms with van der Waals surface area (Å²) in [5.41, 5.74) is 7.66. The molecule has 0 saturated heterocycles. The van der Waals surface area contributed by atoms with Crippen molar-refractivity contribution < 1.29 is 0 Å². The van der Waals surface area contributed by atoms with E-state index in [9.17, 15) is 0 Å². The standard InChI is InChI=1S/C30H28.CH4/c1-4-5-6-10-27-21-18-26-9-7-8-11-29(26)30(27)28-19-16-25(17-20-28)24-14-12-23(13-15-24)22(2)3;/h4-22H,1-3H3;1H4/b5-4-,10-6-;. The molecule has 31 heavy (non-hydrogen) atoms. The Bertz CT molecular complexity index is 1190. The summed E-state index contributed by atoms with van der Waals surface area (Å²) >= 11 is 0. The minimum atomic E-state index is 0. The van der Waals surface area contributed by atoms with Crippen LogP contribution in [0.5, 0.6) is 0 Å². The van der Waals surface area contributed by atoms with Crippen LogP contribution < -0.4 is 0 Å². The molecule has 0 aliphatic rings. The summed E-state index contributed by atoms with van der Waals surface area (Å²) in [4.78, 5) is 0. The highest BCUT2D eigenvalue weighted by molar-refractivity contribution is 6.00. The third-order valence-corrected chi connectivity index (χ3v) is 5.62. The van der Waals surface area contributed by atoms with E-state index >= 15 is 0 Å². The normalized spacial score (nSPS) is 11.5. The van der Waals surface area contributed by atoms with Gasteiger partial charge in [0.2, 0.25) is 0 Å². The number of fused-ring (bicyclic) bond motifs is 1. The van der Waals surface area contributed by atoms with Gasteiger partial charge in [0, 0.05) is 0 Å². The first-order valence-electron chi connectivity index (χ1n) is 10.7. The average molecular weight is 405 g/mol. The first-order valence-corrected chi connectivity index (χ1v) is 10.7. The van der Waals surface area contributed by atoms with E-state index in [2.05, 4.69) is 123 Å². The molecule has 0 spiro atoms. The molecule has 0 bridgehead atoms. The summed E-state index contributed by atoms with van der Waals surface area (Å²) in [7, 11) is 0. The fourth-order valence-electron chi connectivity index (χ4n) is 3.91. The van der Waals surface area contributed by atoms with Crippen molar-refractivity contribution in [3.63, 3.8) is 0 Å². The molecule has 0 unspecified atom stereocenters. The quantitative estimate of drug-likeness (QED) is 0.290. The zero-order valence-electron chi connectivity index (χ0n) is 18.0. The van der Waals surface area contributed by atoms with Crippen LogP contribution in [0.1, 0.15) is 45.2 Å². The first kappa shape index (κ1) is 22.3. The lowest BCUT2D eigenvalue weighted by Gasteiger charge is -2.13. The van der Waals surface area contributed by atoms with E-state index in [-0.39, 0.29) is 7.43 Å². The van der Waals surface area contributed by atoms with Gasteiger partial charge in [-0.3, -0.25) is 0 Å². The van der Waals surface area contributed by atoms with Crippen LogP contribution in [-0.2, 0) is 0 Å². The highest BCUT2D eigenvalue weighted by atomic mass is 14.1. The smallest absolute Gasteiger partial charge is 0.00328 e. The fraction of sp³-hybridized carbons (Fsp3) is 0.161. The maximum atomic E-state index is 2.25. The maximum absolute atomic E-state index is 2.25. The monoisotopic (exact) mass is 404 g/mol. The highest BCUT2D eigenvalue weighted by Crippen LogP contribution is 2.34. The molecule has 0 aromatic heterocycles. The molecule has 4 rings (SSSR count). The molecule has 0 amide bonds. The van der Waals surface area contributed by atoms with Crippen molar-refractivity contribution >= 4 is 16.8 Å². The number of benzene rings is 4. The Balaban J connectivity index is 0.00000272. The molecule has 4 aromatic carbocycles. The Kier molecular flexibility index (Phi) is 7.26. The minimum Gasteiger partial charge on any atom is -0.0877 e. The Hall–Kier alpha value is -3.38. The average Bonchev–Trinajstić information content (AvgIpc) is 2.79. The number of hydrogen-bond donors (Lipinski definition) is 0. The Morgan fingerprint density at radius 1 is 0.645 bits per heavy atom. The van der Waals surface area contributed by atoms with E-state index in [0.717, 1.165) is 0 Å². The van der Waals surface area contributed by atoms with Gasteiger partial charge in [0.15, 0.2) is 0 Å². The van der Waals surface area contributed by atoms with Gasteiger partial charge in [-0.15, -0.1) is 0 Å². The van der Waals surface area contributed by atoms with Crippen molar-refractivity contribution in [3.05, 3.63) is 114 Å². The van der Waals surface area contributed by atoms with E-state index in [0.29, 0.717) is 5.92 Å². The van der Waals surface area contributed by atoms with Crippen LogP contribution in [0.15, 0.2) is 103 Å². The van der Waals surface area contributed by atoms with Crippen molar-refractivity contribution in [1.82, 2.24) is 0 Å². The van der Waals surface area contributed by atoms with Gasteiger partial charge in [-0.2, -0.15) is 0 Å². The number of allylic oxidation sites excluding steroid dienone is 3. The molecule has 0 nitrogen and oxygen atoms in total. The van der Waals surface area contributed by atoms with Gasteiger partial charge in [0.1, 0.15) is 0 Å². The largest absolute Gasteiger partial charge is 0.0877 e. The molecule has 0 radical (unpaired) electrons. The van der Waals surface area contributed by atoms with E-state index in [1.807, 2.05) is 6.92 Å². The second-order valence-electron chi connectivity index (χ2n) is 7.99. The lowest BCUT2D eigenvalue weighted by molar-refractivity contribution is 0.867. The first-order chi connectivity index (χ1) is 14.7. The van der Waals surface area contributed by atoms with E-state index < -0.39 is 0 Å². The molecule has 0 N–H and O–H groups in total. The molecule has 0 saturated carbocycles. The fourth-order valence-corrected chi connectivity index (χ4v) is 3.91. The van der Waals surface area contributed by atoms with E-state index in [1.165, 1.54) is 44.2 Å². The van der Waals surface area contributed by atoms with Crippen LogP contribution in [-0.4, -0.2) is 0 Å². The molecule has 0 atom stereocenters. The van der Waals surface area contributed by atoms with Crippen LogP contribution in [0.3, 0.4) is 0 Å². The number of rotatable bonds is 5. The topological polar surface area (TPSA) is 0 Å². The zero-order valence-corrected chi connectivity index (χ0v) is 18.0. The third-order valence-electron chi connectivity index (χ3n) is 5.62. The van der Waals surface area contributed by atoms with Crippen molar-refractivity contribution in [1.29, 1.82) is 0 Å². The highest BCUT2D eigenvalue weighted by Gasteiger charge is 2.09. The van der Waals surface area contributed by atoms with Crippen LogP contribution in [0, 0.1) is 0 Å². The molecule has 4 aromatic rings. The van der Waals surface area contributed by atoms with Gasteiger partial charge in [-0.1, -0.05) is 131 Å². The van der Waals surface area contributed by atoms with E-state index in [4.69, 9.17) is 0 Å². The summed E-state index contributed by atoms with van der Waals surface area (Å²) in [5.74, 6) is 0.557. The summed E-state index contributed by atoms with van der Waals surface area (Å²) in [6.07, 6.45) is 8.43. The van der Waals surface area contributed by atoms with Gasteiger partial charge >= 0.3 is 0 Å². The summed E-state index contributed by atoms with van der Waals surface area (Å²) in [6, 6.07) is 31.0. The van der Waals surface area contributed by atoms with Crippen LogP contribution in [0.2, 0.25) is 0 Å². The molecular formula is C31H32. The minimum absolute atomic E-state index is 0. The van der Waals surface area contributed by atoms with Crippen molar-refractivity contribution in [2.45, 2.75) is 34.1 Å². The van der Waals surface area contributed by atoms with Gasteiger partial charge in [0.25, 0.3) is 0 Å². The number of hydrogen-bond acceptors (Lipinski definition) is 0. The van der Waals surface area contributed by atoms with Crippen LogP contribution in [0.25, 0.3) is 39.1 Å². The molecule has 156 valence electrons. The van der Waals surface area contributed by atoms with Gasteiger partial charge in [0.05, 0.1) is 0 Å². The summed E-state index contributed by atoms with van der Waals surface area (Å²) < 4.78 is 0. The van der Waals surface area contributed by atoms with Gasteiger partial charge < -0.3 is 0 Å². The van der Waals surface area contributed by atoms with Gasteiger partial charge in [-0.05, 0) is 57.0 Å². The van der Waals surface area contributed by atoms with Crippen molar-refractivity contribution in [2.24, 2.45) is 0 Å². The van der Waals surface area contributed by atoms with Gasteiger partial charge in [-0.25, -0.2) is 0 Å². The molecule has 0 aliphatic carbocycles. The van der Waals surface area contributed by atoms with E-state index in [1.54, 1.807) is 0 Å². The second-order valence-corrected chi connectivity index (χ2v) is 7.99. The lowest BCUT2D eigenvalue weighted by Crippen LogP contribution is -1.88. The molecule has 0 heteroatoms. The predicted molar refractivity (Wildman–Crippen MR) is 139 cm³/mol. The summed E-state index contributed by atoms with van der Waals surface area (Å²) in [6.45, 7) is 6.50. The molecule has 0 heterocycles. The Morgan fingerprint density at radius 3 is 1.90 bits per heavy atom. The summed E-state index contributed by atoms with van der Waals surface area (Å²) in [5, 5.41) is 2.55. The molecular weight excluding hydrogens is 372 g/mol. The second kappa shape index (κ2) is 10.1.